The van der Waals surface area contributed by atoms with Gasteiger partial charge in [0.15, 0.2) is 5.13 Å². The Morgan fingerprint density at radius 3 is 2.75 bits per heavy atom. The third-order valence-electron chi connectivity index (χ3n) is 5.76. The summed E-state index contributed by atoms with van der Waals surface area (Å²) in [6.45, 7) is 0.531. The number of hydrogen-bond donors (Lipinski definition) is 3. The SMILES string of the molecule is O[C@H]1CCCC[C@@H]1Nc1nc2cc(Cl)c(CNc3cncc(-c4ccccc4)n3)cc2s1. The molecule has 2 heterocycles. The summed E-state index contributed by atoms with van der Waals surface area (Å²) in [7, 11) is 0. The maximum atomic E-state index is 10.2. The predicted octanol–water partition coefficient (Wildman–Crippen LogP) is 5.73. The highest BCUT2D eigenvalue weighted by Gasteiger charge is 2.23. The first kappa shape index (κ1) is 21.1. The van der Waals surface area contributed by atoms with Crippen LogP contribution in [0.2, 0.25) is 5.02 Å². The normalized spacial score (nSPS) is 18.6. The Hall–Kier alpha value is -2.74. The first-order valence-corrected chi connectivity index (χ1v) is 12.0. The van der Waals surface area contributed by atoms with Gasteiger partial charge in [-0.05, 0) is 30.5 Å². The van der Waals surface area contributed by atoms with Crippen LogP contribution in [0.3, 0.4) is 0 Å². The molecule has 0 amide bonds. The molecule has 8 heteroatoms. The number of benzene rings is 2. The Labute approximate surface area is 195 Å². The Kier molecular flexibility index (Phi) is 6.21. The summed E-state index contributed by atoms with van der Waals surface area (Å²) in [5.41, 5.74) is 3.68. The second-order valence-electron chi connectivity index (χ2n) is 8.04. The van der Waals surface area contributed by atoms with E-state index in [-0.39, 0.29) is 12.1 Å². The standard InChI is InChI=1S/C24H24ClN5OS/c25-17-11-19-22(32-24(30-19)29-18-8-4-5-9-21(18)31)10-16(17)12-27-23-14-26-13-20(28-23)15-6-2-1-3-7-15/h1-3,6-7,10-11,13-14,18,21,31H,4-5,8-9,12H2,(H,27,28)(H,29,30)/t18-,21-/m0/s1. The Morgan fingerprint density at radius 2 is 1.91 bits per heavy atom. The molecule has 4 aromatic rings. The molecule has 2 atom stereocenters. The molecule has 6 nitrogen and oxygen atoms in total. The fraction of sp³-hybridized carbons (Fsp3) is 0.292. The summed E-state index contributed by atoms with van der Waals surface area (Å²) in [6, 6.07) is 14.0. The van der Waals surface area contributed by atoms with E-state index in [1.165, 1.54) is 0 Å². The summed E-state index contributed by atoms with van der Waals surface area (Å²) in [6.07, 6.45) is 7.19. The number of aliphatic hydroxyl groups is 1. The fourth-order valence-electron chi connectivity index (χ4n) is 4.01. The van der Waals surface area contributed by atoms with E-state index < -0.39 is 0 Å². The van der Waals surface area contributed by atoms with Crippen molar-refractivity contribution in [2.75, 3.05) is 10.6 Å². The summed E-state index contributed by atoms with van der Waals surface area (Å²) >= 11 is 8.14. The largest absolute Gasteiger partial charge is 0.391 e. The molecule has 0 saturated heterocycles. The molecular formula is C24H24ClN5OS. The Balaban J connectivity index is 1.31. The lowest BCUT2D eigenvalue weighted by atomic mass is 9.93. The molecule has 0 spiro atoms. The van der Waals surface area contributed by atoms with Crippen molar-refractivity contribution < 1.29 is 5.11 Å². The average Bonchev–Trinajstić information content (AvgIpc) is 3.20. The van der Waals surface area contributed by atoms with Crippen molar-refractivity contribution in [2.24, 2.45) is 0 Å². The van der Waals surface area contributed by atoms with E-state index in [0.717, 1.165) is 57.9 Å². The molecule has 1 saturated carbocycles. The minimum atomic E-state index is -0.313. The zero-order valence-corrected chi connectivity index (χ0v) is 19.0. The Bertz CT molecular complexity index is 1220. The van der Waals surface area contributed by atoms with Crippen LogP contribution in [0.15, 0.2) is 54.9 Å². The van der Waals surface area contributed by atoms with Crippen molar-refractivity contribution in [3.05, 3.63) is 65.4 Å². The number of anilines is 2. The van der Waals surface area contributed by atoms with Gasteiger partial charge in [-0.15, -0.1) is 0 Å². The molecule has 0 bridgehead atoms. The third-order valence-corrected chi connectivity index (χ3v) is 7.06. The van der Waals surface area contributed by atoms with Crippen LogP contribution in [-0.4, -0.2) is 32.2 Å². The van der Waals surface area contributed by atoms with E-state index >= 15 is 0 Å². The molecule has 3 N–H and O–H groups in total. The lowest BCUT2D eigenvalue weighted by Gasteiger charge is -2.27. The highest BCUT2D eigenvalue weighted by molar-refractivity contribution is 7.22. The molecule has 0 unspecified atom stereocenters. The van der Waals surface area contributed by atoms with Crippen molar-refractivity contribution in [3.8, 4) is 11.3 Å². The van der Waals surface area contributed by atoms with Crippen LogP contribution < -0.4 is 10.6 Å². The lowest BCUT2D eigenvalue weighted by molar-refractivity contribution is 0.116. The highest BCUT2D eigenvalue weighted by atomic mass is 35.5. The minimum absolute atomic E-state index is 0.0661. The number of halogens is 1. The van der Waals surface area contributed by atoms with Crippen molar-refractivity contribution in [1.82, 2.24) is 15.0 Å². The van der Waals surface area contributed by atoms with E-state index in [1.54, 1.807) is 23.7 Å². The molecule has 0 radical (unpaired) electrons. The third kappa shape index (κ3) is 4.70. The average molecular weight is 466 g/mol. The molecule has 0 aliphatic heterocycles. The number of rotatable bonds is 6. The van der Waals surface area contributed by atoms with E-state index in [1.807, 2.05) is 36.4 Å². The number of nitrogens with zero attached hydrogens (tertiary/aromatic N) is 3. The van der Waals surface area contributed by atoms with Crippen LogP contribution in [0.25, 0.3) is 21.5 Å². The van der Waals surface area contributed by atoms with E-state index in [0.29, 0.717) is 17.4 Å². The second kappa shape index (κ2) is 9.40. The van der Waals surface area contributed by atoms with Crippen molar-refractivity contribution in [1.29, 1.82) is 0 Å². The van der Waals surface area contributed by atoms with Gasteiger partial charge in [0.1, 0.15) is 5.82 Å². The summed E-state index contributed by atoms with van der Waals surface area (Å²) in [5, 5.41) is 18.5. The topological polar surface area (TPSA) is 83.0 Å². The van der Waals surface area contributed by atoms with E-state index in [2.05, 4.69) is 31.7 Å². The van der Waals surface area contributed by atoms with Crippen LogP contribution in [0.1, 0.15) is 31.2 Å². The molecule has 1 aliphatic rings. The fourth-order valence-corrected chi connectivity index (χ4v) is 5.21. The molecule has 1 aliphatic carbocycles. The maximum absolute atomic E-state index is 10.2. The van der Waals surface area contributed by atoms with Gasteiger partial charge in [0, 0.05) is 17.1 Å². The van der Waals surface area contributed by atoms with Gasteiger partial charge < -0.3 is 15.7 Å². The molecule has 2 aromatic carbocycles. The smallest absolute Gasteiger partial charge is 0.184 e. The predicted molar refractivity (Wildman–Crippen MR) is 131 cm³/mol. The Morgan fingerprint density at radius 1 is 1.06 bits per heavy atom. The zero-order valence-electron chi connectivity index (χ0n) is 17.5. The summed E-state index contributed by atoms with van der Waals surface area (Å²) in [5.74, 6) is 0.695. The van der Waals surface area contributed by atoms with Crippen LogP contribution in [0.4, 0.5) is 10.9 Å². The van der Waals surface area contributed by atoms with Gasteiger partial charge in [0.2, 0.25) is 0 Å². The van der Waals surface area contributed by atoms with Gasteiger partial charge in [-0.3, -0.25) is 4.98 Å². The number of aliphatic hydroxyl groups excluding tert-OH is 1. The maximum Gasteiger partial charge on any atom is 0.184 e. The van der Waals surface area contributed by atoms with E-state index in [9.17, 15) is 5.11 Å². The van der Waals surface area contributed by atoms with Gasteiger partial charge in [-0.25, -0.2) is 9.97 Å². The van der Waals surface area contributed by atoms with Crippen molar-refractivity contribution in [2.45, 2.75) is 44.4 Å². The van der Waals surface area contributed by atoms with Gasteiger partial charge in [0.05, 0.1) is 40.5 Å². The highest BCUT2D eigenvalue weighted by Crippen LogP contribution is 2.33. The van der Waals surface area contributed by atoms with Crippen molar-refractivity contribution in [3.63, 3.8) is 0 Å². The summed E-state index contributed by atoms with van der Waals surface area (Å²) < 4.78 is 1.06. The minimum Gasteiger partial charge on any atom is -0.391 e. The second-order valence-corrected chi connectivity index (χ2v) is 9.48. The number of aromatic nitrogens is 3. The number of nitrogens with one attached hydrogen (secondary N) is 2. The monoisotopic (exact) mass is 465 g/mol. The molecule has 5 rings (SSSR count). The number of hydrogen-bond acceptors (Lipinski definition) is 7. The molecule has 164 valence electrons. The van der Waals surface area contributed by atoms with E-state index in [4.69, 9.17) is 11.6 Å². The van der Waals surface area contributed by atoms with Gasteiger partial charge >= 0.3 is 0 Å². The van der Waals surface area contributed by atoms with Crippen LogP contribution in [0, 0.1) is 0 Å². The van der Waals surface area contributed by atoms with Crippen LogP contribution in [-0.2, 0) is 6.54 Å². The van der Waals surface area contributed by atoms with Gasteiger partial charge in [-0.1, -0.05) is 66.1 Å². The van der Waals surface area contributed by atoms with Crippen LogP contribution in [0.5, 0.6) is 0 Å². The first-order chi connectivity index (χ1) is 15.7. The quantitative estimate of drug-likeness (QED) is 0.337. The number of thiazole rings is 1. The molecule has 32 heavy (non-hydrogen) atoms. The molecular weight excluding hydrogens is 442 g/mol. The van der Waals surface area contributed by atoms with Crippen LogP contribution >= 0.6 is 22.9 Å². The first-order valence-electron chi connectivity index (χ1n) is 10.8. The van der Waals surface area contributed by atoms with Crippen molar-refractivity contribution >= 4 is 44.1 Å². The van der Waals surface area contributed by atoms with Gasteiger partial charge in [-0.2, -0.15) is 0 Å². The molecule has 2 aromatic heterocycles. The molecule has 1 fully saturated rings. The number of fused-ring (bicyclic) bond motifs is 1. The van der Waals surface area contributed by atoms with Gasteiger partial charge in [0.25, 0.3) is 0 Å². The lowest BCUT2D eigenvalue weighted by Crippen LogP contribution is -2.36. The zero-order chi connectivity index (χ0) is 21.9. The summed E-state index contributed by atoms with van der Waals surface area (Å²) in [4.78, 5) is 13.7.